The van der Waals surface area contributed by atoms with Crippen LogP contribution in [0.3, 0.4) is 0 Å². The van der Waals surface area contributed by atoms with Gasteiger partial charge in [-0.25, -0.2) is 4.99 Å². The highest BCUT2D eigenvalue weighted by Gasteiger charge is 2.09. The van der Waals surface area contributed by atoms with Gasteiger partial charge in [-0.05, 0) is 39.2 Å². The maximum atomic E-state index is 11.6. The van der Waals surface area contributed by atoms with Gasteiger partial charge in [-0.15, -0.1) is 24.0 Å². The number of amides is 1. The number of aliphatic imine (C=N–C) groups is 1. The van der Waals surface area contributed by atoms with Gasteiger partial charge in [0.05, 0.1) is 5.69 Å². The Morgan fingerprint density at radius 1 is 1.29 bits per heavy atom. The fourth-order valence-electron chi connectivity index (χ4n) is 2.28. The highest BCUT2D eigenvalue weighted by Crippen LogP contribution is 2.13. The number of halogens is 1. The van der Waals surface area contributed by atoms with Gasteiger partial charge in [0.15, 0.2) is 5.96 Å². The van der Waals surface area contributed by atoms with Gasteiger partial charge >= 0.3 is 0 Å². The second-order valence-corrected chi connectivity index (χ2v) is 5.79. The summed E-state index contributed by atoms with van der Waals surface area (Å²) in [5.74, 6) is 0.672. The van der Waals surface area contributed by atoms with Gasteiger partial charge in [0.25, 0.3) is 0 Å². The van der Waals surface area contributed by atoms with Crippen LogP contribution in [0.5, 0.6) is 0 Å². The van der Waals surface area contributed by atoms with Gasteiger partial charge in [0, 0.05) is 39.9 Å². The number of hydrogen-bond acceptors (Lipinski definition) is 3. The van der Waals surface area contributed by atoms with E-state index in [1.807, 2.05) is 25.6 Å². The molecule has 1 amide bonds. The molecule has 1 heterocycles. The summed E-state index contributed by atoms with van der Waals surface area (Å²) in [7, 11) is 5.44. The number of aromatic nitrogens is 2. The van der Waals surface area contributed by atoms with Crippen LogP contribution in [-0.2, 0) is 18.3 Å². The van der Waals surface area contributed by atoms with Crippen LogP contribution in [0.25, 0.3) is 0 Å². The van der Waals surface area contributed by atoms with Gasteiger partial charge in [-0.3, -0.25) is 9.48 Å². The molecule has 0 bridgehead atoms. The first kappa shape index (κ1) is 22.7. The van der Waals surface area contributed by atoms with Crippen molar-refractivity contribution in [2.24, 2.45) is 12.0 Å². The van der Waals surface area contributed by atoms with Crippen molar-refractivity contribution >= 4 is 35.8 Å². The summed E-state index contributed by atoms with van der Waals surface area (Å²) >= 11 is 0. The minimum atomic E-state index is -0.0104. The Kier molecular flexibility index (Phi) is 10.7. The van der Waals surface area contributed by atoms with Gasteiger partial charge in [-0.2, -0.15) is 5.10 Å². The molecule has 0 aromatic carbocycles. The molecule has 0 aliphatic heterocycles. The summed E-state index contributed by atoms with van der Waals surface area (Å²) in [6.45, 7) is 7.88. The quantitative estimate of drug-likeness (QED) is 0.284. The van der Waals surface area contributed by atoms with Gasteiger partial charge < -0.3 is 15.5 Å². The molecule has 0 radical (unpaired) electrons. The van der Waals surface area contributed by atoms with Crippen LogP contribution in [0.15, 0.2) is 4.99 Å². The van der Waals surface area contributed by atoms with Crippen molar-refractivity contribution in [1.82, 2.24) is 25.3 Å². The summed E-state index contributed by atoms with van der Waals surface area (Å²) in [4.78, 5) is 17.4. The maximum Gasteiger partial charge on any atom is 0.243 e. The summed E-state index contributed by atoms with van der Waals surface area (Å²) in [5, 5.41) is 10.9. The predicted molar refractivity (Wildman–Crippen MR) is 109 cm³/mol. The number of guanidine groups is 1. The van der Waals surface area contributed by atoms with E-state index in [4.69, 9.17) is 0 Å². The maximum absolute atomic E-state index is 11.6. The normalized spacial score (nSPS) is 11.0. The monoisotopic (exact) mass is 450 g/mol. The Balaban J connectivity index is 0.00000529. The standard InChI is InChI=1S/C16H30N6O.HI/c1-7-17-16(19-11-15(23)21(4)5)18-10-8-9-14-12(2)20-22(6)13(14)3;/h7-11H2,1-6H3,(H2,17,18,19);1H. The van der Waals surface area contributed by atoms with Crippen LogP contribution in [-0.4, -0.2) is 60.3 Å². The van der Waals surface area contributed by atoms with Crippen molar-refractivity contribution in [2.45, 2.75) is 33.6 Å². The molecule has 1 aromatic rings. The largest absolute Gasteiger partial charge is 0.357 e. The number of likely N-dealkylation sites (N-methyl/N-ethyl adjacent to an activating group) is 1. The first-order valence-corrected chi connectivity index (χ1v) is 8.08. The minimum Gasteiger partial charge on any atom is -0.357 e. The second kappa shape index (κ2) is 11.3. The lowest BCUT2D eigenvalue weighted by atomic mass is 10.1. The molecule has 8 heteroatoms. The Morgan fingerprint density at radius 3 is 2.46 bits per heavy atom. The number of rotatable bonds is 7. The number of carbonyl (C=O) groups is 1. The molecule has 2 N–H and O–H groups in total. The van der Waals surface area contributed by atoms with E-state index in [-0.39, 0.29) is 36.4 Å². The average molecular weight is 450 g/mol. The summed E-state index contributed by atoms with van der Waals surface area (Å²) < 4.78 is 1.93. The average Bonchev–Trinajstić information content (AvgIpc) is 2.74. The molecule has 138 valence electrons. The van der Waals surface area contributed by atoms with Crippen molar-refractivity contribution < 1.29 is 4.79 Å². The third-order valence-electron chi connectivity index (χ3n) is 3.77. The van der Waals surface area contributed by atoms with Crippen molar-refractivity contribution in [2.75, 3.05) is 33.7 Å². The lowest BCUT2D eigenvalue weighted by molar-refractivity contribution is -0.127. The van der Waals surface area contributed by atoms with Crippen LogP contribution in [0.1, 0.15) is 30.3 Å². The Hall–Kier alpha value is -1.32. The zero-order valence-electron chi connectivity index (χ0n) is 15.6. The highest BCUT2D eigenvalue weighted by molar-refractivity contribution is 14.0. The zero-order valence-corrected chi connectivity index (χ0v) is 18.0. The van der Waals surface area contributed by atoms with Gasteiger partial charge in [-0.1, -0.05) is 0 Å². The molecule has 0 aliphatic rings. The molecule has 0 fully saturated rings. The Morgan fingerprint density at radius 2 is 1.96 bits per heavy atom. The van der Waals surface area contributed by atoms with Crippen LogP contribution >= 0.6 is 24.0 Å². The molecule has 0 spiro atoms. The Bertz CT molecular complexity index is 553. The van der Waals surface area contributed by atoms with E-state index < -0.39 is 0 Å². The first-order valence-electron chi connectivity index (χ1n) is 8.08. The van der Waals surface area contributed by atoms with Gasteiger partial charge in [0.1, 0.15) is 6.54 Å². The number of nitrogens with zero attached hydrogens (tertiary/aromatic N) is 4. The first-order chi connectivity index (χ1) is 10.9. The van der Waals surface area contributed by atoms with Crippen molar-refractivity contribution in [3.63, 3.8) is 0 Å². The highest BCUT2D eigenvalue weighted by atomic mass is 127. The summed E-state index contributed by atoms with van der Waals surface area (Å²) in [6, 6.07) is 0. The Labute approximate surface area is 162 Å². The van der Waals surface area contributed by atoms with E-state index in [2.05, 4.69) is 27.6 Å². The van der Waals surface area contributed by atoms with E-state index >= 15 is 0 Å². The SMILES string of the molecule is CCNC(=NCC(=O)N(C)C)NCCCc1c(C)nn(C)c1C.I. The lowest BCUT2D eigenvalue weighted by Gasteiger charge is -2.12. The summed E-state index contributed by atoms with van der Waals surface area (Å²) in [6.07, 6.45) is 1.97. The van der Waals surface area contributed by atoms with E-state index in [1.165, 1.54) is 11.3 Å². The number of carbonyl (C=O) groups excluding carboxylic acids is 1. The van der Waals surface area contributed by atoms with Crippen LogP contribution in [0.4, 0.5) is 0 Å². The van der Waals surface area contributed by atoms with E-state index in [1.54, 1.807) is 19.0 Å². The molecule has 0 saturated carbocycles. The van der Waals surface area contributed by atoms with E-state index in [0.717, 1.165) is 31.6 Å². The zero-order chi connectivity index (χ0) is 17.4. The smallest absolute Gasteiger partial charge is 0.243 e. The third-order valence-corrected chi connectivity index (χ3v) is 3.77. The molecule has 0 saturated heterocycles. The second-order valence-electron chi connectivity index (χ2n) is 5.79. The molecule has 24 heavy (non-hydrogen) atoms. The van der Waals surface area contributed by atoms with Gasteiger partial charge in [0.2, 0.25) is 5.91 Å². The van der Waals surface area contributed by atoms with E-state index in [9.17, 15) is 4.79 Å². The van der Waals surface area contributed by atoms with Crippen LogP contribution in [0.2, 0.25) is 0 Å². The van der Waals surface area contributed by atoms with Crippen molar-refractivity contribution in [1.29, 1.82) is 0 Å². The van der Waals surface area contributed by atoms with Crippen molar-refractivity contribution in [3.8, 4) is 0 Å². The molecule has 7 nitrogen and oxygen atoms in total. The molecule has 1 aromatic heterocycles. The fraction of sp³-hybridized carbons (Fsp3) is 0.688. The molecule has 0 unspecified atom stereocenters. The molecular weight excluding hydrogens is 419 g/mol. The minimum absolute atomic E-state index is 0. The number of hydrogen-bond donors (Lipinski definition) is 2. The molecule has 0 atom stereocenters. The number of nitrogens with one attached hydrogen (secondary N) is 2. The summed E-state index contributed by atoms with van der Waals surface area (Å²) in [5.41, 5.74) is 3.64. The van der Waals surface area contributed by atoms with Crippen LogP contribution < -0.4 is 10.6 Å². The molecular formula is C16H31IN6O. The molecule has 0 aliphatic carbocycles. The number of aryl methyl sites for hydroxylation is 2. The van der Waals surface area contributed by atoms with Crippen LogP contribution in [0, 0.1) is 13.8 Å². The predicted octanol–water partition coefficient (Wildman–Crippen LogP) is 1.23. The molecule has 1 rings (SSSR count). The lowest BCUT2D eigenvalue weighted by Crippen LogP contribution is -2.39. The fourth-order valence-corrected chi connectivity index (χ4v) is 2.28. The van der Waals surface area contributed by atoms with E-state index in [0.29, 0.717) is 5.96 Å². The third kappa shape index (κ3) is 7.06. The topological polar surface area (TPSA) is 74.6 Å². The van der Waals surface area contributed by atoms with Crippen molar-refractivity contribution in [3.05, 3.63) is 17.0 Å².